The molecule has 16 heavy (non-hydrogen) atoms. The number of hydrogen-bond acceptors (Lipinski definition) is 4. The molecule has 1 aromatic heterocycles. The molecule has 0 bridgehead atoms. The van der Waals surface area contributed by atoms with E-state index >= 15 is 0 Å². The molecule has 0 saturated heterocycles. The lowest BCUT2D eigenvalue weighted by molar-refractivity contribution is 0.0995. The summed E-state index contributed by atoms with van der Waals surface area (Å²) < 4.78 is 0. The van der Waals surface area contributed by atoms with Crippen molar-refractivity contribution in [2.75, 3.05) is 11.9 Å². The minimum absolute atomic E-state index is 0.121. The highest BCUT2D eigenvalue weighted by molar-refractivity contribution is 5.91. The van der Waals surface area contributed by atoms with Crippen LogP contribution >= 0.6 is 0 Å². The molecule has 5 nitrogen and oxygen atoms in total. The van der Waals surface area contributed by atoms with E-state index in [0.29, 0.717) is 6.54 Å². The van der Waals surface area contributed by atoms with Crippen molar-refractivity contribution in [3.63, 3.8) is 0 Å². The number of carbonyl (C=O) groups excluding carboxylic acids is 1. The van der Waals surface area contributed by atoms with E-state index in [1.165, 1.54) is 0 Å². The lowest BCUT2D eigenvalue weighted by Gasteiger charge is -2.12. The summed E-state index contributed by atoms with van der Waals surface area (Å²) in [5, 5.41) is 3.15. The van der Waals surface area contributed by atoms with Crippen molar-refractivity contribution in [2.45, 2.75) is 25.8 Å². The number of nitrogens with one attached hydrogen (secondary N) is 1. The van der Waals surface area contributed by atoms with Crippen LogP contribution in [0.4, 0.5) is 5.69 Å². The first-order valence-electron chi connectivity index (χ1n) is 5.38. The summed E-state index contributed by atoms with van der Waals surface area (Å²) in [5.74, 6) is -0.526. The Morgan fingerprint density at radius 1 is 1.62 bits per heavy atom. The number of rotatable bonds is 6. The zero-order valence-electron chi connectivity index (χ0n) is 9.44. The number of nitrogens with two attached hydrogens (primary N) is 2. The number of primary amides is 1. The van der Waals surface area contributed by atoms with Gasteiger partial charge in [-0.05, 0) is 18.6 Å². The van der Waals surface area contributed by atoms with Crippen molar-refractivity contribution in [2.24, 2.45) is 11.5 Å². The first-order chi connectivity index (χ1) is 7.63. The van der Waals surface area contributed by atoms with Gasteiger partial charge in [0.25, 0.3) is 5.91 Å². The van der Waals surface area contributed by atoms with Crippen LogP contribution in [0.1, 0.15) is 30.3 Å². The highest BCUT2D eigenvalue weighted by atomic mass is 16.1. The number of carbonyl (C=O) groups is 1. The molecule has 0 aromatic carbocycles. The second-order valence-corrected chi connectivity index (χ2v) is 3.72. The fourth-order valence-corrected chi connectivity index (χ4v) is 1.40. The number of aromatic nitrogens is 1. The fraction of sp³-hybridized carbons (Fsp3) is 0.455. The molecule has 1 atom stereocenters. The Bertz CT molecular complexity index is 354. The van der Waals surface area contributed by atoms with Gasteiger partial charge in [-0.2, -0.15) is 0 Å². The normalized spacial score (nSPS) is 12.1. The predicted octanol–water partition coefficient (Wildman–Crippen LogP) is 0.720. The number of hydrogen-bond donors (Lipinski definition) is 3. The Morgan fingerprint density at radius 2 is 2.38 bits per heavy atom. The smallest absolute Gasteiger partial charge is 0.267 e. The summed E-state index contributed by atoms with van der Waals surface area (Å²) >= 11 is 0. The summed E-state index contributed by atoms with van der Waals surface area (Å²) in [6.45, 7) is 2.77. The maximum absolute atomic E-state index is 10.9. The summed E-state index contributed by atoms with van der Waals surface area (Å²) in [5.41, 5.74) is 12.1. The van der Waals surface area contributed by atoms with E-state index in [0.717, 1.165) is 18.5 Å². The van der Waals surface area contributed by atoms with Crippen molar-refractivity contribution >= 4 is 11.6 Å². The fourth-order valence-electron chi connectivity index (χ4n) is 1.40. The van der Waals surface area contributed by atoms with Gasteiger partial charge in [0.05, 0.1) is 0 Å². The van der Waals surface area contributed by atoms with E-state index in [-0.39, 0.29) is 11.7 Å². The van der Waals surface area contributed by atoms with Crippen molar-refractivity contribution in [3.05, 3.63) is 24.0 Å². The summed E-state index contributed by atoms with van der Waals surface area (Å²) in [6.07, 6.45) is 3.58. The third-order valence-electron chi connectivity index (χ3n) is 2.24. The van der Waals surface area contributed by atoms with E-state index in [1.807, 2.05) is 0 Å². The third-order valence-corrected chi connectivity index (χ3v) is 2.24. The number of amides is 1. The summed E-state index contributed by atoms with van der Waals surface area (Å²) in [7, 11) is 0. The largest absolute Gasteiger partial charge is 0.383 e. The topological polar surface area (TPSA) is 94.0 Å². The van der Waals surface area contributed by atoms with Gasteiger partial charge in [0, 0.05) is 24.5 Å². The third kappa shape index (κ3) is 3.86. The Hall–Kier alpha value is -1.62. The van der Waals surface area contributed by atoms with Gasteiger partial charge in [-0.1, -0.05) is 13.3 Å². The zero-order valence-corrected chi connectivity index (χ0v) is 9.44. The van der Waals surface area contributed by atoms with E-state index in [4.69, 9.17) is 11.5 Å². The van der Waals surface area contributed by atoms with Crippen LogP contribution in [0, 0.1) is 0 Å². The molecule has 88 valence electrons. The standard InChI is InChI=1S/C11H18N4O/c1-2-3-8(12)7-15-9-4-5-14-10(6-9)11(13)16/h4-6,8H,2-3,7,12H2,1H3,(H2,13,16)(H,14,15). The molecule has 5 heteroatoms. The highest BCUT2D eigenvalue weighted by Crippen LogP contribution is 2.07. The lowest BCUT2D eigenvalue weighted by atomic mass is 10.2. The molecule has 1 unspecified atom stereocenters. The van der Waals surface area contributed by atoms with Crippen molar-refractivity contribution in [1.29, 1.82) is 0 Å². The molecule has 1 heterocycles. The van der Waals surface area contributed by atoms with Crippen molar-refractivity contribution in [1.82, 2.24) is 4.98 Å². The minimum Gasteiger partial charge on any atom is -0.383 e. The molecule has 1 rings (SSSR count). The molecular weight excluding hydrogens is 204 g/mol. The van der Waals surface area contributed by atoms with Crippen LogP contribution in [-0.4, -0.2) is 23.5 Å². The van der Waals surface area contributed by atoms with Gasteiger partial charge in [0.1, 0.15) is 5.69 Å². The number of nitrogens with zero attached hydrogens (tertiary/aromatic N) is 1. The second-order valence-electron chi connectivity index (χ2n) is 3.72. The van der Waals surface area contributed by atoms with E-state index in [1.54, 1.807) is 18.3 Å². The Morgan fingerprint density at radius 3 is 3.00 bits per heavy atom. The predicted molar refractivity (Wildman–Crippen MR) is 64.1 cm³/mol. The SMILES string of the molecule is CCCC(N)CNc1ccnc(C(N)=O)c1. The zero-order chi connectivity index (χ0) is 12.0. The van der Waals surface area contributed by atoms with Crippen LogP contribution in [0.25, 0.3) is 0 Å². The first-order valence-corrected chi connectivity index (χ1v) is 5.38. The van der Waals surface area contributed by atoms with Gasteiger partial charge < -0.3 is 16.8 Å². The molecule has 0 aliphatic carbocycles. The molecule has 5 N–H and O–H groups in total. The van der Waals surface area contributed by atoms with Gasteiger partial charge in [0.2, 0.25) is 0 Å². The molecule has 0 aliphatic rings. The van der Waals surface area contributed by atoms with Crippen LogP contribution in [0.2, 0.25) is 0 Å². The number of pyridine rings is 1. The van der Waals surface area contributed by atoms with Crippen molar-refractivity contribution < 1.29 is 4.79 Å². The second kappa shape index (κ2) is 6.07. The number of anilines is 1. The van der Waals surface area contributed by atoms with Crippen LogP contribution < -0.4 is 16.8 Å². The maximum Gasteiger partial charge on any atom is 0.267 e. The van der Waals surface area contributed by atoms with Crippen LogP contribution in [0.15, 0.2) is 18.3 Å². The van der Waals surface area contributed by atoms with Gasteiger partial charge in [0.15, 0.2) is 0 Å². The quantitative estimate of drug-likeness (QED) is 0.661. The molecule has 1 amide bonds. The van der Waals surface area contributed by atoms with E-state index < -0.39 is 5.91 Å². The Labute approximate surface area is 95.2 Å². The molecule has 0 saturated carbocycles. The van der Waals surface area contributed by atoms with Crippen LogP contribution in [0.5, 0.6) is 0 Å². The van der Waals surface area contributed by atoms with Crippen LogP contribution in [-0.2, 0) is 0 Å². The van der Waals surface area contributed by atoms with Crippen molar-refractivity contribution in [3.8, 4) is 0 Å². The average Bonchev–Trinajstić information content (AvgIpc) is 2.27. The molecule has 0 radical (unpaired) electrons. The monoisotopic (exact) mass is 222 g/mol. The molecule has 1 aromatic rings. The van der Waals surface area contributed by atoms with Crippen LogP contribution in [0.3, 0.4) is 0 Å². The van der Waals surface area contributed by atoms with Gasteiger partial charge >= 0.3 is 0 Å². The van der Waals surface area contributed by atoms with Gasteiger partial charge in [-0.3, -0.25) is 9.78 Å². The Balaban J connectivity index is 2.54. The van der Waals surface area contributed by atoms with E-state index in [9.17, 15) is 4.79 Å². The molecule has 0 aliphatic heterocycles. The highest BCUT2D eigenvalue weighted by Gasteiger charge is 2.04. The van der Waals surface area contributed by atoms with Gasteiger partial charge in [-0.15, -0.1) is 0 Å². The van der Waals surface area contributed by atoms with E-state index in [2.05, 4.69) is 17.2 Å². The molecule has 0 spiro atoms. The average molecular weight is 222 g/mol. The first kappa shape index (κ1) is 12.4. The molecule has 0 fully saturated rings. The Kier molecular flexibility index (Phi) is 4.72. The maximum atomic E-state index is 10.9. The summed E-state index contributed by atoms with van der Waals surface area (Å²) in [4.78, 5) is 14.8. The lowest BCUT2D eigenvalue weighted by Crippen LogP contribution is -2.28. The summed E-state index contributed by atoms with van der Waals surface area (Å²) in [6, 6.07) is 3.53. The molecular formula is C11H18N4O. The minimum atomic E-state index is -0.526. The van der Waals surface area contributed by atoms with Gasteiger partial charge in [-0.25, -0.2) is 0 Å².